The summed E-state index contributed by atoms with van der Waals surface area (Å²) in [6.45, 7) is 7.56. The first kappa shape index (κ1) is 18.2. The van der Waals surface area contributed by atoms with E-state index >= 15 is 0 Å². The van der Waals surface area contributed by atoms with Gasteiger partial charge in [-0.3, -0.25) is 0 Å². The van der Waals surface area contributed by atoms with Crippen molar-refractivity contribution in [1.29, 1.82) is 0 Å². The van der Waals surface area contributed by atoms with Gasteiger partial charge in [0.2, 0.25) is 0 Å². The smallest absolute Gasteiger partial charge is 0.0842 e. The first-order valence-corrected chi connectivity index (χ1v) is 9.18. The molecular weight excluding hydrogens is 280 g/mol. The summed E-state index contributed by atoms with van der Waals surface area (Å²) in [6, 6.07) is 0. The van der Waals surface area contributed by atoms with Crippen LogP contribution in [0.5, 0.6) is 0 Å². The standard InChI is InChI=1S/C18H34O4/c1-3-15(11-18-14(2)22-18)12-20-8-5-9-21-13-16-6-4-7-17(19)10-16/h14-19H,3-13H2,1-2H3. The van der Waals surface area contributed by atoms with Crippen LogP contribution in [0.15, 0.2) is 0 Å². The number of aliphatic hydroxyl groups is 1. The summed E-state index contributed by atoms with van der Waals surface area (Å²) in [6.07, 6.45) is 8.31. The number of hydrogen-bond acceptors (Lipinski definition) is 4. The van der Waals surface area contributed by atoms with E-state index in [9.17, 15) is 5.11 Å². The van der Waals surface area contributed by atoms with E-state index < -0.39 is 0 Å². The maximum Gasteiger partial charge on any atom is 0.0842 e. The van der Waals surface area contributed by atoms with Gasteiger partial charge in [0.1, 0.15) is 0 Å². The molecule has 0 aromatic carbocycles. The second-order valence-electron chi connectivity index (χ2n) is 7.08. The molecule has 1 saturated heterocycles. The normalized spacial score (nSPS) is 32.9. The van der Waals surface area contributed by atoms with Gasteiger partial charge in [-0.15, -0.1) is 0 Å². The highest BCUT2D eigenvalue weighted by Crippen LogP contribution is 2.29. The molecule has 0 radical (unpaired) electrons. The molecule has 5 unspecified atom stereocenters. The first-order chi connectivity index (χ1) is 10.7. The number of hydrogen-bond donors (Lipinski definition) is 1. The lowest BCUT2D eigenvalue weighted by atomic mass is 9.88. The van der Waals surface area contributed by atoms with Crippen LogP contribution in [0.3, 0.4) is 0 Å². The summed E-state index contributed by atoms with van der Waals surface area (Å²) in [4.78, 5) is 0. The van der Waals surface area contributed by atoms with Gasteiger partial charge in [0.25, 0.3) is 0 Å². The molecule has 0 aromatic heterocycles. The third-order valence-electron chi connectivity index (χ3n) is 5.02. The molecule has 1 heterocycles. The molecule has 2 fully saturated rings. The highest BCUT2D eigenvalue weighted by Gasteiger charge is 2.35. The Kier molecular flexibility index (Phi) is 8.15. The molecule has 2 aliphatic rings. The Morgan fingerprint density at radius 1 is 1.23 bits per heavy atom. The molecule has 0 bridgehead atoms. The predicted octanol–water partition coefficient (Wildman–Crippen LogP) is 3.16. The van der Waals surface area contributed by atoms with Crippen LogP contribution in [0.2, 0.25) is 0 Å². The van der Waals surface area contributed by atoms with Gasteiger partial charge in [-0.1, -0.05) is 19.8 Å². The van der Waals surface area contributed by atoms with Crippen LogP contribution < -0.4 is 0 Å². The van der Waals surface area contributed by atoms with Crippen LogP contribution in [0.1, 0.15) is 58.8 Å². The summed E-state index contributed by atoms with van der Waals surface area (Å²) in [7, 11) is 0. The van der Waals surface area contributed by atoms with Gasteiger partial charge in [0, 0.05) is 26.4 Å². The minimum atomic E-state index is -0.102. The molecule has 0 aromatic rings. The van der Waals surface area contributed by atoms with Crippen LogP contribution in [0.4, 0.5) is 0 Å². The molecule has 5 atom stereocenters. The fraction of sp³-hybridized carbons (Fsp3) is 1.00. The summed E-state index contributed by atoms with van der Waals surface area (Å²) >= 11 is 0. The lowest BCUT2D eigenvalue weighted by molar-refractivity contribution is 0.0266. The Morgan fingerprint density at radius 2 is 2.00 bits per heavy atom. The lowest BCUT2D eigenvalue weighted by Gasteiger charge is -2.25. The van der Waals surface area contributed by atoms with E-state index in [4.69, 9.17) is 14.2 Å². The van der Waals surface area contributed by atoms with Crippen molar-refractivity contribution >= 4 is 0 Å². The minimum absolute atomic E-state index is 0.102. The monoisotopic (exact) mass is 314 g/mol. The molecule has 0 amide bonds. The van der Waals surface area contributed by atoms with Crippen LogP contribution >= 0.6 is 0 Å². The molecule has 4 heteroatoms. The third-order valence-corrected chi connectivity index (χ3v) is 5.02. The predicted molar refractivity (Wildman–Crippen MR) is 87.0 cm³/mol. The number of ether oxygens (including phenoxy) is 3. The Labute approximate surface area is 135 Å². The molecule has 2 rings (SSSR count). The lowest BCUT2D eigenvalue weighted by Crippen LogP contribution is -2.23. The van der Waals surface area contributed by atoms with Crippen LogP contribution in [0.25, 0.3) is 0 Å². The van der Waals surface area contributed by atoms with Crippen LogP contribution in [-0.2, 0) is 14.2 Å². The van der Waals surface area contributed by atoms with Gasteiger partial charge in [-0.05, 0) is 50.9 Å². The van der Waals surface area contributed by atoms with Crippen molar-refractivity contribution in [3.8, 4) is 0 Å². The highest BCUT2D eigenvalue weighted by molar-refractivity contribution is 4.82. The zero-order valence-corrected chi connectivity index (χ0v) is 14.3. The topological polar surface area (TPSA) is 51.2 Å². The van der Waals surface area contributed by atoms with Crippen molar-refractivity contribution in [2.24, 2.45) is 11.8 Å². The van der Waals surface area contributed by atoms with E-state index in [0.29, 0.717) is 24.0 Å². The maximum atomic E-state index is 9.63. The van der Waals surface area contributed by atoms with E-state index in [0.717, 1.165) is 65.0 Å². The molecule has 1 aliphatic carbocycles. The van der Waals surface area contributed by atoms with E-state index in [2.05, 4.69) is 13.8 Å². The van der Waals surface area contributed by atoms with Gasteiger partial charge in [-0.2, -0.15) is 0 Å². The maximum absolute atomic E-state index is 9.63. The van der Waals surface area contributed by atoms with Gasteiger partial charge < -0.3 is 19.3 Å². The van der Waals surface area contributed by atoms with Crippen molar-refractivity contribution < 1.29 is 19.3 Å². The molecule has 22 heavy (non-hydrogen) atoms. The molecular formula is C18H34O4. The molecule has 1 aliphatic heterocycles. The molecule has 0 spiro atoms. The van der Waals surface area contributed by atoms with Crippen molar-refractivity contribution in [2.45, 2.75) is 77.1 Å². The summed E-state index contributed by atoms with van der Waals surface area (Å²) < 4.78 is 17.0. The van der Waals surface area contributed by atoms with Crippen molar-refractivity contribution in [1.82, 2.24) is 0 Å². The van der Waals surface area contributed by atoms with E-state index in [1.807, 2.05) is 0 Å². The zero-order valence-electron chi connectivity index (χ0n) is 14.3. The summed E-state index contributed by atoms with van der Waals surface area (Å²) in [5, 5.41) is 9.63. The second-order valence-corrected chi connectivity index (χ2v) is 7.08. The quantitative estimate of drug-likeness (QED) is 0.470. The minimum Gasteiger partial charge on any atom is -0.393 e. The SMILES string of the molecule is CCC(COCCCOCC1CCCC(O)C1)CC1OC1C. The molecule has 1 N–H and O–H groups in total. The first-order valence-electron chi connectivity index (χ1n) is 9.18. The zero-order chi connectivity index (χ0) is 15.8. The fourth-order valence-electron chi connectivity index (χ4n) is 3.34. The van der Waals surface area contributed by atoms with Crippen molar-refractivity contribution in [2.75, 3.05) is 26.4 Å². The van der Waals surface area contributed by atoms with Gasteiger partial charge in [-0.25, -0.2) is 0 Å². The number of epoxide rings is 1. The van der Waals surface area contributed by atoms with Crippen LogP contribution in [0, 0.1) is 11.8 Å². The van der Waals surface area contributed by atoms with Crippen molar-refractivity contribution in [3.63, 3.8) is 0 Å². The fourth-order valence-corrected chi connectivity index (χ4v) is 3.34. The summed E-state index contributed by atoms with van der Waals surface area (Å²) in [5.74, 6) is 1.18. The largest absolute Gasteiger partial charge is 0.393 e. The number of aliphatic hydroxyl groups excluding tert-OH is 1. The van der Waals surface area contributed by atoms with Gasteiger partial charge in [0.15, 0.2) is 0 Å². The Hall–Kier alpha value is -0.160. The van der Waals surface area contributed by atoms with Crippen molar-refractivity contribution in [3.05, 3.63) is 0 Å². The Bertz CT molecular complexity index is 297. The van der Waals surface area contributed by atoms with E-state index in [1.165, 1.54) is 6.42 Å². The van der Waals surface area contributed by atoms with Crippen LogP contribution in [-0.4, -0.2) is 49.8 Å². The second kappa shape index (κ2) is 9.86. The average molecular weight is 314 g/mol. The average Bonchev–Trinajstić information content (AvgIpc) is 3.20. The molecule has 1 saturated carbocycles. The number of rotatable bonds is 11. The highest BCUT2D eigenvalue weighted by atomic mass is 16.6. The van der Waals surface area contributed by atoms with Gasteiger partial charge >= 0.3 is 0 Å². The molecule has 4 nitrogen and oxygen atoms in total. The Morgan fingerprint density at radius 3 is 2.68 bits per heavy atom. The van der Waals surface area contributed by atoms with Gasteiger partial charge in [0.05, 0.1) is 18.3 Å². The third kappa shape index (κ3) is 6.95. The van der Waals surface area contributed by atoms with E-state index in [1.54, 1.807) is 0 Å². The summed E-state index contributed by atoms with van der Waals surface area (Å²) in [5.41, 5.74) is 0. The van der Waals surface area contributed by atoms with E-state index in [-0.39, 0.29) is 6.10 Å². The Balaban J connectivity index is 1.40. The molecule has 130 valence electrons.